The molecule has 1 aromatic rings. The topological polar surface area (TPSA) is 205 Å². The zero-order chi connectivity index (χ0) is 28.2. The third-order valence-electron chi connectivity index (χ3n) is 6.20. The maximum atomic E-state index is 11.5. The van der Waals surface area contributed by atoms with Gasteiger partial charge in [-0.1, -0.05) is 12.1 Å². The third kappa shape index (κ3) is 11.2. The molecule has 2 rings (SSSR count). The van der Waals surface area contributed by atoms with E-state index in [2.05, 4.69) is 0 Å². The Labute approximate surface area is 218 Å². The molecule has 0 spiro atoms. The molecule has 210 valence electrons. The number of nitrogens with zero attached hydrogens (tertiary/aromatic N) is 5. The summed E-state index contributed by atoms with van der Waals surface area (Å²) in [6.07, 6.45) is 0.201. The number of benzene rings is 1. The average Bonchev–Trinajstić information content (AvgIpc) is 2.89. The zero-order valence-corrected chi connectivity index (χ0v) is 20.8. The smallest absolute Gasteiger partial charge is 0.317 e. The van der Waals surface area contributed by atoms with E-state index in [1.807, 2.05) is 4.90 Å². The van der Waals surface area contributed by atoms with Gasteiger partial charge in [0.2, 0.25) is 0 Å². The van der Waals surface area contributed by atoms with Crippen molar-refractivity contribution in [1.82, 2.24) is 19.6 Å². The van der Waals surface area contributed by atoms with Crippen molar-refractivity contribution in [1.29, 1.82) is 0 Å². The van der Waals surface area contributed by atoms with Crippen molar-refractivity contribution in [3.63, 3.8) is 0 Å². The van der Waals surface area contributed by atoms with Gasteiger partial charge in [-0.2, -0.15) is 0 Å². The summed E-state index contributed by atoms with van der Waals surface area (Å²) in [6.45, 7) is 0.841. The Morgan fingerprint density at radius 2 is 1.18 bits per heavy atom. The number of nitro benzene ring substituents is 1. The SMILES string of the molecule is O=C(O)CN1CCN(CC(=O)O)CCN(CC(Cc2ccc([N+](=O)[O-])cc2)N(CC(=O)O)CC(=O)O)CC1. The number of nitro groups is 1. The van der Waals surface area contributed by atoms with Gasteiger partial charge in [0.25, 0.3) is 5.69 Å². The fourth-order valence-electron chi connectivity index (χ4n) is 4.36. The number of hydrogen-bond acceptors (Lipinski definition) is 10. The molecular weight excluding hydrogens is 506 g/mol. The lowest BCUT2D eigenvalue weighted by molar-refractivity contribution is -0.384. The third-order valence-corrected chi connectivity index (χ3v) is 6.20. The largest absolute Gasteiger partial charge is 0.480 e. The predicted octanol–water partition coefficient (Wildman–Crippen LogP) is -0.934. The molecule has 4 N–H and O–H groups in total. The van der Waals surface area contributed by atoms with Crippen molar-refractivity contribution < 1.29 is 44.5 Å². The van der Waals surface area contributed by atoms with Crippen LogP contribution < -0.4 is 0 Å². The fourth-order valence-corrected chi connectivity index (χ4v) is 4.36. The second-order valence-corrected chi connectivity index (χ2v) is 9.11. The van der Waals surface area contributed by atoms with E-state index in [9.17, 15) is 49.7 Å². The molecule has 15 heteroatoms. The molecule has 1 saturated heterocycles. The van der Waals surface area contributed by atoms with Gasteiger partial charge < -0.3 is 20.4 Å². The molecule has 38 heavy (non-hydrogen) atoms. The second-order valence-electron chi connectivity index (χ2n) is 9.11. The number of non-ortho nitro benzene ring substituents is 1. The maximum absolute atomic E-state index is 11.5. The molecule has 0 aromatic heterocycles. The lowest BCUT2D eigenvalue weighted by Crippen LogP contribution is -2.51. The molecular formula is C23H33N5O10. The highest BCUT2D eigenvalue weighted by Crippen LogP contribution is 2.16. The van der Waals surface area contributed by atoms with Crippen molar-refractivity contribution in [2.45, 2.75) is 12.5 Å². The van der Waals surface area contributed by atoms with Crippen LogP contribution in [0.2, 0.25) is 0 Å². The fraction of sp³-hybridized carbons (Fsp3) is 0.565. The Kier molecular flexibility index (Phi) is 12.0. The monoisotopic (exact) mass is 539 g/mol. The van der Waals surface area contributed by atoms with Gasteiger partial charge in [-0.05, 0) is 12.0 Å². The van der Waals surface area contributed by atoms with E-state index >= 15 is 0 Å². The van der Waals surface area contributed by atoms with Crippen LogP contribution in [0.4, 0.5) is 5.69 Å². The molecule has 0 saturated carbocycles. The van der Waals surface area contributed by atoms with E-state index in [1.54, 1.807) is 9.80 Å². The molecule has 1 fully saturated rings. The summed E-state index contributed by atoms with van der Waals surface area (Å²) < 4.78 is 0. The summed E-state index contributed by atoms with van der Waals surface area (Å²) in [5, 5.41) is 48.4. The first-order valence-corrected chi connectivity index (χ1v) is 11.9. The number of rotatable bonds is 14. The quantitative estimate of drug-likeness (QED) is 0.166. The summed E-state index contributed by atoms with van der Waals surface area (Å²) in [5.41, 5.74) is 0.529. The van der Waals surface area contributed by atoms with Crippen LogP contribution in [0.15, 0.2) is 24.3 Å². The van der Waals surface area contributed by atoms with E-state index in [-0.39, 0.29) is 31.7 Å². The van der Waals surface area contributed by atoms with Gasteiger partial charge in [0.05, 0.1) is 31.1 Å². The van der Waals surface area contributed by atoms with E-state index in [0.29, 0.717) is 44.8 Å². The van der Waals surface area contributed by atoms with Crippen LogP contribution in [-0.4, -0.2) is 147 Å². The number of carboxylic acid groups (broad SMARTS) is 4. The van der Waals surface area contributed by atoms with Crippen LogP contribution in [0.1, 0.15) is 5.56 Å². The van der Waals surface area contributed by atoms with E-state index in [0.717, 1.165) is 0 Å². The first kappa shape index (κ1) is 30.6. The summed E-state index contributed by atoms with van der Waals surface area (Å²) in [7, 11) is 0. The van der Waals surface area contributed by atoms with Crippen LogP contribution in [0, 0.1) is 10.1 Å². The van der Waals surface area contributed by atoms with Crippen molar-refractivity contribution in [2.75, 3.05) is 72.0 Å². The van der Waals surface area contributed by atoms with Crippen LogP contribution in [-0.2, 0) is 25.6 Å². The molecule has 1 heterocycles. The minimum Gasteiger partial charge on any atom is -0.480 e. The highest BCUT2D eigenvalue weighted by atomic mass is 16.6. The highest BCUT2D eigenvalue weighted by molar-refractivity contribution is 5.72. The molecule has 0 aliphatic carbocycles. The standard InChI is InChI=1S/C23H33N5O10/c29-20(30)13-25-7-5-24(6-8-26(10-9-25)14-21(31)32)12-19(27(15-22(33)34)16-23(35)36)11-17-1-3-18(4-2-17)28(37)38/h1-4,19H,5-16H2,(H,29,30)(H,31,32)(H,33,34)(H,35,36). The van der Waals surface area contributed by atoms with Gasteiger partial charge in [0, 0.05) is 64.0 Å². The van der Waals surface area contributed by atoms with Gasteiger partial charge >= 0.3 is 23.9 Å². The molecule has 1 aliphatic rings. The minimum absolute atomic E-state index is 0.115. The Hall–Kier alpha value is -3.66. The Bertz CT molecular complexity index is 945. The van der Waals surface area contributed by atoms with E-state index in [4.69, 9.17) is 0 Å². The van der Waals surface area contributed by atoms with Crippen LogP contribution in [0.5, 0.6) is 0 Å². The molecule has 0 amide bonds. The van der Waals surface area contributed by atoms with Crippen molar-refractivity contribution in [2.24, 2.45) is 0 Å². The first-order valence-electron chi connectivity index (χ1n) is 11.9. The summed E-state index contributed by atoms with van der Waals surface area (Å²) >= 11 is 0. The summed E-state index contributed by atoms with van der Waals surface area (Å²) in [4.78, 5) is 62.8. The molecule has 0 bridgehead atoms. The van der Waals surface area contributed by atoms with E-state index in [1.165, 1.54) is 29.2 Å². The van der Waals surface area contributed by atoms with Gasteiger partial charge in [-0.15, -0.1) is 0 Å². The lowest BCUT2D eigenvalue weighted by atomic mass is 10.0. The average molecular weight is 540 g/mol. The number of hydrogen-bond donors (Lipinski definition) is 4. The van der Waals surface area contributed by atoms with E-state index < -0.39 is 47.9 Å². The molecule has 1 unspecified atom stereocenters. The number of aliphatic carboxylic acids is 4. The van der Waals surface area contributed by atoms with Gasteiger partial charge in [-0.3, -0.25) is 48.9 Å². The number of carbonyl (C=O) groups is 4. The molecule has 1 atom stereocenters. The second kappa shape index (κ2) is 14.9. The maximum Gasteiger partial charge on any atom is 0.317 e. The minimum atomic E-state index is -1.22. The number of carboxylic acids is 4. The van der Waals surface area contributed by atoms with Crippen molar-refractivity contribution in [3.8, 4) is 0 Å². The van der Waals surface area contributed by atoms with Crippen molar-refractivity contribution >= 4 is 29.6 Å². The van der Waals surface area contributed by atoms with Gasteiger partial charge in [0.1, 0.15) is 0 Å². The molecule has 0 radical (unpaired) electrons. The highest BCUT2D eigenvalue weighted by Gasteiger charge is 2.27. The Morgan fingerprint density at radius 3 is 1.55 bits per heavy atom. The lowest BCUT2D eigenvalue weighted by Gasteiger charge is -2.35. The van der Waals surface area contributed by atoms with Crippen LogP contribution in [0.3, 0.4) is 0 Å². The van der Waals surface area contributed by atoms with Gasteiger partial charge in [-0.25, -0.2) is 0 Å². The Morgan fingerprint density at radius 1 is 0.763 bits per heavy atom. The summed E-state index contributed by atoms with van der Waals surface area (Å²) in [6, 6.07) is 5.09. The normalized spacial score (nSPS) is 16.8. The molecule has 1 aliphatic heterocycles. The molecule has 15 nitrogen and oxygen atoms in total. The first-order chi connectivity index (χ1) is 17.9. The van der Waals surface area contributed by atoms with Crippen LogP contribution in [0.25, 0.3) is 0 Å². The summed E-state index contributed by atoms with van der Waals surface area (Å²) in [5.74, 6) is -4.48. The predicted molar refractivity (Wildman–Crippen MR) is 132 cm³/mol. The van der Waals surface area contributed by atoms with Crippen LogP contribution >= 0.6 is 0 Å². The molecule has 1 aromatic carbocycles. The van der Waals surface area contributed by atoms with Gasteiger partial charge in [0.15, 0.2) is 0 Å². The Balaban J connectivity index is 2.31. The van der Waals surface area contributed by atoms with Crippen molar-refractivity contribution in [3.05, 3.63) is 39.9 Å². The zero-order valence-electron chi connectivity index (χ0n) is 20.8.